The lowest BCUT2D eigenvalue weighted by atomic mass is 10.1. The Labute approximate surface area is 126 Å². The van der Waals surface area contributed by atoms with Crippen molar-refractivity contribution in [1.82, 2.24) is 0 Å². The highest BCUT2D eigenvalue weighted by Gasteiger charge is 2.16. The van der Waals surface area contributed by atoms with Crippen LogP contribution in [0.2, 0.25) is 0 Å². The first-order valence-corrected chi connectivity index (χ1v) is 7.67. The van der Waals surface area contributed by atoms with E-state index >= 15 is 0 Å². The van der Waals surface area contributed by atoms with E-state index in [2.05, 4.69) is 28.1 Å². The minimum atomic E-state index is 0.201. The van der Waals surface area contributed by atoms with Gasteiger partial charge in [0.15, 0.2) is 0 Å². The van der Waals surface area contributed by atoms with Gasteiger partial charge in [-0.05, 0) is 23.8 Å². The summed E-state index contributed by atoms with van der Waals surface area (Å²) in [5.74, 6) is 0.887. The minimum Gasteiger partial charge on any atom is -0.496 e. The van der Waals surface area contributed by atoms with Gasteiger partial charge in [-0.1, -0.05) is 46.3 Å². The van der Waals surface area contributed by atoms with Crippen LogP contribution in [0.1, 0.15) is 10.8 Å². The Kier molecular flexibility index (Phi) is 5.31. The van der Waals surface area contributed by atoms with E-state index in [1.807, 2.05) is 36.4 Å². The number of nitrogens with two attached hydrogens (primary N) is 1. The number of hydrogen-bond acceptors (Lipinski definition) is 3. The molecule has 2 aromatic rings. The monoisotopic (exact) mass is 337 g/mol. The normalized spacial score (nSPS) is 12.2. The van der Waals surface area contributed by atoms with Gasteiger partial charge < -0.3 is 10.5 Å². The largest absolute Gasteiger partial charge is 0.496 e. The number of rotatable bonds is 5. The molecule has 0 aliphatic rings. The van der Waals surface area contributed by atoms with Crippen LogP contribution in [-0.2, 0) is 0 Å². The summed E-state index contributed by atoms with van der Waals surface area (Å²) >= 11 is 5.31. The third-order valence-electron chi connectivity index (χ3n) is 2.80. The lowest BCUT2D eigenvalue weighted by Crippen LogP contribution is -2.10. The number of methoxy groups -OCH3 is 1. The van der Waals surface area contributed by atoms with Gasteiger partial charge in [-0.2, -0.15) is 0 Å². The molecule has 0 saturated carbocycles. The first kappa shape index (κ1) is 14.4. The molecule has 19 heavy (non-hydrogen) atoms. The second kappa shape index (κ2) is 6.98. The molecule has 0 amide bonds. The number of thioether (sulfide) groups is 1. The molecule has 0 aromatic heterocycles. The van der Waals surface area contributed by atoms with Crippen LogP contribution in [0.3, 0.4) is 0 Å². The minimum absolute atomic E-state index is 0.201. The SMILES string of the molecule is COc1ccccc1SC(CN)c1ccccc1Br. The van der Waals surface area contributed by atoms with Crippen LogP contribution in [0.4, 0.5) is 0 Å². The molecule has 0 fully saturated rings. The average Bonchev–Trinajstić information content (AvgIpc) is 2.46. The fourth-order valence-corrected chi connectivity index (χ4v) is 3.72. The van der Waals surface area contributed by atoms with Crippen LogP contribution in [0.25, 0.3) is 0 Å². The van der Waals surface area contributed by atoms with Crippen LogP contribution in [0.15, 0.2) is 57.9 Å². The maximum atomic E-state index is 5.93. The van der Waals surface area contributed by atoms with Crippen molar-refractivity contribution in [2.24, 2.45) is 5.73 Å². The lowest BCUT2D eigenvalue weighted by molar-refractivity contribution is 0.404. The van der Waals surface area contributed by atoms with Crippen molar-refractivity contribution < 1.29 is 4.74 Å². The maximum absolute atomic E-state index is 5.93. The van der Waals surface area contributed by atoms with Gasteiger partial charge in [0.25, 0.3) is 0 Å². The first-order valence-electron chi connectivity index (χ1n) is 6.00. The molecule has 100 valence electrons. The quantitative estimate of drug-likeness (QED) is 0.828. The molecule has 2 rings (SSSR count). The molecule has 0 aliphatic heterocycles. The molecule has 0 spiro atoms. The van der Waals surface area contributed by atoms with Gasteiger partial charge >= 0.3 is 0 Å². The summed E-state index contributed by atoms with van der Waals surface area (Å²) in [6.07, 6.45) is 0. The summed E-state index contributed by atoms with van der Waals surface area (Å²) in [5.41, 5.74) is 7.14. The zero-order valence-electron chi connectivity index (χ0n) is 10.7. The van der Waals surface area contributed by atoms with E-state index in [-0.39, 0.29) is 5.25 Å². The average molecular weight is 338 g/mol. The molecule has 0 aliphatic carbocycles. The fourth-order valence-electron chi connectivity index (χ4n) is 1.84. The van der Waals surface area contributed by atoms with E-state index in [0.29, 0.717) is 6.54 Å². The van der Waals surface area contributed by atoms with E-state index < -0.39 is 0 Å². The number of halogens is 1. The summed E-state index contributed by atoms with van der Waals surface area (Å²) in [6, 6.07) is 16.2. The van der Waals surface area contributed by atoms with Crippen LogP contribution in [0, 0.1) is 0 Å². The van der Waals surface area contributed by atoms with Gasteiger partial charge in [0.1, 0.15) is 5.75 Å². The highest BCUT2D eigenvalue weighted by molar-refractivity contribution is 9.10. The molecule has 2 N–H and O–H groups in total. The van der Waals surface area contributed by atoms with E-state index in [9.17, 15) is 0 Å². The Morgan fingerprint density at radius 3 is 2.53 bits per heavy atom. The van der Waals surface area contributed by atoms with Crippen LogP contribution in [-0.4, -0.2) is 13.7 Å². The molecule has 0 bridgehead atoms. The summed E-state index contributed by atoms with van der Waals surface area (Å²) < 4.78 is 6.47. The topological polar surface area (TPSA) is 35.2 Å². The predicted octanol–water partition coefficient (Wildman–Crippen LogP) is 4.25. The molecular formula is C15H16BrNOS. The van der Waals surface area contributed by atoms with Crippen molar-refractivity contribution in [3.05, 3.63) is 58.6 Å². The third-order valence-corrected chi connectivity index (χ3v) is 4.85. The van der Waals surface area contributed by atoms with Gasteiger partial charge in [0.05, 0.1) is 7.11 Å². The van der Waals surface area contributed by atoms with E-state index in [1.54, 1.807) is 18.9 Å². The number of ether oxygens (including phenoxy) is 1. The van der Waals surface area contributed by atoms with Gasteiger partial charge in [-0.15, -0.1) is 11.8 Å². The molecule has 2 nitrogen and oxygen atoms in total. The Morgan fingerprint density at radius 1 is 1.16 bits per heavy atom. The summed E-state index contributed by atoms with van der Waals surface area (Å²) in [6.45, 7) is 0.575. The third kappa shape index (κ3) is 3.53. The predicted molar refractivity (Wildman–Crippen MR) is 84.8 cm³/mol. The van der Waals surface area contributed by atoms with Crippen LogP contribution >= 0.6 is 27.7 Å². The summed E-state index contributed by atoms with van der Waals surface area (Å²) in [4.78, 5) is 1.11. The first-order chi connectivity index (χ1) is 9.26. The standard InChI is InChI=1S/C15H16BrNOS/c1-18-13-8-4-5-9-14(13)19-15(10-17)11-6-2-3-7-12(11)16/h2-9,15H,10,17H2,1H3. The van der Waals surface area contributed by atoms with Crippen molar-refractivity contribution in [3.63, 3.8) is 0 Å². The molecule has 0 heterocycles. The maximum Gasteiger partial charge on any atom is 0.132 e. The highest BCUT2D eigenvalue weighted by Crippen LogP contribution is 2.41. The van der Waals surface area contributed by atoms with Crippen molar-refractivity contribution >= 4 is 27.7 Å². The second-order valence-corrected chi connectivity index (χ2v) is 6.11. The summed E-state index contributed by atoms with van der Waals surface area (Å²) in [5, 5.41) is 0.201. The van der Waals surface area contributed by atoms with Gasteiger partial charge in [-0.3, -0.25) is 0 Å². The van der Waals surface area contributed by atoms with Crippen molar-refractivity contribution in [1.29, 1.82) is 0 Å². The van der Waals surface area contributed by atoms with Crippen LogP contribution in [0.5, 0.6) is 5.75 Å². The smallest absolute Gasteiger partial charge is 0.132 e. The van der Waals surface area contributed by atoms with Crippen molar-refractivity contribution in [3.8, 4) is 5.75 Å². The molecule has 0 radical (unpaired) electrons. The zero-order chi connectivity index (χ0) is 13.7. The lowest BCUT2D eigenvalue weighted by Gasteiger charge is -2.18. The summed E-state index contributed by atoms with van der Waals surface area (Å²) in [7, 11) is 1.69. The molecule has 4 heteroatoms. The molecule has 1 unspecified atom stereocenters. The Bertz CT molecular complexity index is 547. The Morgan fingerprint density at radius 2 is 1.84 bits per heavy atom. The van der Waals surface area contributed by atoms with Gasteiger partial charge in [0.2, 0.25) is 0 Å². The number of benzene rings is 2. The number of para-hydroxylation sites is 1. The van der Waals surface area contributed by atoms with Crippen molar-refractivity contribution in [2.45, 2.75) is 10.1 Å². The van der Waals surface area contributed by atoms with Gasteiger partial charge in [-0.25, -0.2) is 0 Å². The zero-order valence-corrected chi connectivity index (χ0v) is 13.1. The molecular weight excluding hydrogens is 322 g/mol. The van der Waals surface area contributed by atoms with E-state index in [0.717, 1.165) is 15.1 Å². The number of hydrogen-bond donors (Lipinski definition) is 1. The Balaban J connectivity index is 2.27. The van der Waals surface area contributed by atoms with Crippen LogP contribution < -0.4 is 10.5 Å². The second-order valence-electron chi connectivity index (χ2n) is 4.01. The molecule has 0 saturated heterocycles. The fraction of sp³-hybridized carbons (Fsp3) is 0.200. The van der Waals surface area contributed by atoms with Crippen molar-refractivity contribution in [2.75, 3.05) is 13.7 Å². The highest BCUT2D eigenvalue weighted by atomic mass is 79.9. The van der Waals surface area contributed by atoms with E-state index in [4.69, 9.17) is 10.5 Å². The molecule has 2 aromatic carbocycles. The Hall–Kier alpha value is -0.970. The van der Waals surface area contributed by atoms with E-state index in [1.165, 1.54) is 5.56 Å². The van der Waals surface area contributed by atoms with Gasteiger partial charge in [0, 0.05) is 21.2 Å². The molecule has 1 atom stereocenters.